The Balaban J connectivity index is 1.58. The van der Waals surface area contributed by atoms with Crippen molar-refractivity contribution in [1.29, 1.82) is 0 Å². The van der Waals surface area contributed by atoms with E-state index in [-0.39, 0.29) is 16.3 Å². The minimum Gasteiger partial charge on any atom is -0.477 e. The van der Waals surface area contributed by atoms with Gasteiger partial charge in [-0.05, 0) is 23.1 Å². The van der Waals surface area contributed by atoms with Crippen molar-refractivity contribution < 1.29 is 9.90 Å². The van der Waals surface area contributed by atoms with Gasteiger partial charge >= 0.3 is 10.8 Å². The summed E-state index contributed by atoms with van der Waals surface area (Å²) in [6.45, 7) is 3.31. The smallest absolute Gasteiger partial charge is 0.344 e. The third kappa shape index (κ3) is 5.15. The molecular formula is C24H23N5O3S. The topological polar surface area (TPSA) is 110 Å². The highest BCUT2D eigenvalue weighted by molar-refractivity contribution is 7.03. The molecule has 9 heteroatoms. The highest BCUT2D eigenvalue weighted by atomic mass is 32.1. The largest absolute Gasteiger partial charge is 0.477 e. The van der Waals surface area contributed by atoms with Crippen molar-refractivity contribution in [2.75, 3.05) is 5.32 Å². The van der Waals surface area contributed by atoms with Crippen molar-refractivity contribution in [3.05, 3.63) is 81.8 Å². The van der Waals surface area contributed by atoms with Crippen molar-refractivity contribution >= 4 is 23.3 Å². The van der Waals surface area contributed by atoms with Crippen LogP contribution in [0.15, 0.2) is 65.8 Å². The fraction of sp³-hybridized carbons (Fsp3) is 0.208. The molecule has 0 saturated heterocycles. The second-order valence-corrected chi connectivity index (χ2v) is 8.41. The van der Waals surface area contributed by atoms with Gasteiger partial charge in [-0.25, -0.2) is 14.8 Å². The van der Waals surface area contributed by atoms with Gasteiger partial charge in [-0.2, -0.15) is 4.98 Å². The molecular weight excluding hydrogens is 438 g/mol. The van der Waals surface area contributed by atoms with Gasteiger partial charge in [0.2, 0.25) is 0 Å². The number of carboxylic acids is 1. The van der Waals surface area contributed by atoms with E-state index in [0.29, 0.717) is 12.4 Å². The molecule has 0 radical (unpaired) electrons. The summed E-state index contributed by atoms with van der Waals surface area (Å²) in [6, 6.07) is 15.9. The second kappa shape index (κ2) is 10.2. The number of anilines is 1. The first-order valence-electron chi connectivity index (χ1n) is 10.6. The van der Waals surface area contributed by atoms with E-state index in [0.717, 1.165) is 53.2 Å². The Morgan fingerprint density at radius 1 is 1.12 bits per heavy atom. The van der Waals surface area contributed by atoms with Gasteiger partial charge in [-0.15, -0.1) is 0 Å². The molecule has 33 heavy (non-hydrogen) atoms. The van der Waals surface area contributed by atoms with Gasteiger partial charge in [0, 0.05) is 36.4 Å². The first-order valence-corrected chi connectivity index (χ1v) is 11.4. The molecule has 2 aromatic heterocycles. The quantitative estimate of drug-likeness (QED) is 0.376. The normalized spacial score (nSPS) is 10.8. The molecule has 2 N–H and O–H groups in total. The van der Waals surface area contributed by atoms with Crippen LogP contribution in [-0.2, 0) is 13.1 Å². The number of nitrogens with one attached hydrogen (secondary N) is 1. The molecule has 8 nitrogen and oxygen atoms in total. The summed E-state index contributed by atoms with van der Waals surface area (Å²) in [6.07, 6.45) is 4.61. The highest BCUT2D eigenvalue weighted by Gasteiger charge is 2.15. The molecule has 0 unspecified atom stereocenters. The summed E-state index contributed by atoms with van der Waals surface area (Å²) in [5.41, 5.74) is 3.92. The Morgan fingerprint density at radius 2 is 1.88 bits per heavy atom. The molecule has 2 heterocycles. The van der Waals surface area contributed by atoms with E-state index >= 15 is 0 Å². The summed E-state index contributed by atoms with van der Waals surface area (Å²) < 4.78 is 1.98. The van der Waals surface area contributed by atoms with E-state index in [1.54, 1.807) is 0 Å². The number of hydrogen-bond donors (Lipinski definition) is 2. The minimum atomic E-state index is -1.08. The summed E-state index contributed by atoms with van der Waals surface area (Å²) >= 11 is 1.15. The zero-order valence-electron chi connectivity index (χ0n) is 18.1. The molecule has 168 valence electrons. The molecule has 0 spiro atoms. The number of carbonyl (C=O) groups is 1. The Hall–Kier alpha value is -3.85. The zero-order valence-corrected chi connectivity index (χ0v) is 18.9. The first kappa shape index (κ1) is 22.3. The summed E-state index contributed by atoms with van der Waals surface area (Å²) in [5.74, 6) is -0.102. The molecule has 0 amide bonds. The number of aryl methyl sites for hydroxylation is 1. The number of unbranched alkanes of at least 4 members (excludes halogenated alkanes) is 1. The third-order valence-electron chi connectivity index (χ3n) is 5.17. The van der Waals surface area contributed by atoms with Crippen LogP contribution in [0.4, 0.5) is 5.82 Å². The van der Waals surface area contributed by atoms with Crippen LogP contribution in [0.2, 0.25) is 0 Å². The van der Waals surface area contributed by atoms with E-state index in [1.165, 1.54) is 12.5 Å². The lowest BCUT2D eigenvalue weighted by Gasteiger charge is -2.12. The molecule has 0 atom stereocenters. The van der Waals surface area contributed by atoms with Gasteiger partial charge in [-0.1, -0.05) is 61.9 Å². The minimum absolute atomic E-state index is 0.0282. The molecule has 4 aromatic rings. The third-order valence-corrected chi connectivity index (χ3v) is 6.00. The van der Waals surface area contributed by atoms with Crippen LogP contribution in [0.5, 0.6) is 0 Å². The molecule has 0 aliphatic carbocycles. The molecule has 4 rings (SSSR count). The van der Waals surface area contributed by atoms with Crippen LogP contribution >= 0.6 is 11.5 Å². The summed E-state index contributed by atoms with van der Waals surface area (Å²) in [4.78, 5) is 35.2. The van der Waals surface area contributed by atoms with Gasteiger partial charge in [-0.3, -0.25) is 8.75 Å². The fourth-order valence-electron chi connectivity index (χ4n) is 3.49. The average Bonchev–Trinajstić information content (AvgIpc) is 3.22. The lowest BCUT2D eigenvalue weighted by Crippen LogP contribution is -2.08. The van der Waals surface area contributed by atoms with Gasteiger partial charge in [0.25, 0.3) is 0 Å². The predicted octanol–water partition coefficient (Wildman–Crippen LogP) is 4.54. The molecule has 0 saturated carbocycles. The molecule has 2 aromatic carbocycles. The number of hydrogen-bond acceptors (Lipinski definition) is 7. The first-order chi connectivity index (χ1) is 16.1. The van der Waals surface area contributed by atoms with Crippen LogP contribution in [0.3, 0.4) is 0 Å². The predicted molar refractivity (Wildman–Crippen MR) is 128 cm³/mol. The number of benzene rings is 2. The lowest BCUT2D eigenvalue weighted by molar-refractivity contribution is 0.0697. The Kier molecular flexibility index (Phi) is 6.89. The number of rotatable bonds is 9. The second-order valence-electron chi connectivity index (χ2n) is 7.43. The van der Waals surface area contributed by atoms with Crippen molar-refractivity contribution in [3.8, 4) is 22.5 Å². The Bertz CT molecular complexity index is 1310. The maximum absolute atomic E-state index is 12.0. The van der Waals surface area contributed by atoms with E-state index in [4.69, 9.17) is 0 Å². The SMILES string of the molecule is CCCCn1sc(=O)nc1-c1ccccc1-c1ccc(CNc2ncncc2C(=O)O)cc1. The van der Waals surface area contributed by atoms with E-state index in [2.05, 4.69) is 27.2 Å². The van der Waals surface area contributed by atoms with E-state index < -0.39 is 5.97 Å². The lowest BCUT2D eigenvalue weighted by atomic mass is 9.98. The van der Waals surface area contributed by atoms with Crippen LogP contribution in [0.25, 0.3) is 22.5 Å². The average molecular weight is 462 g/mol. The maximum atomic E-state index is 12.0. The van der Waals surface area contributed by atoms with Crippen molar-refractivity contribution in [3.63, 3.8) is 0 Å². The summed E-state index contributed by atoms with van der Waals surface area (Å²) in [7, 11) is 0. The Morgan fingerprint density at radius 3 is 2.61 bits per heavy atom. The van der Waals surface area contributed by atoms with Crippen LogP contribution in [0.1, 0.15) is 35.7 Å². The number of carboxylic acid groups (broad SMARTS) is 1. The van der Waals surface area contributed by atoms with E-state index in [9.17, 15) is 14.7 Å². The summed E-state index contributed by atoms with van der Waals surface area (Å²) in [5, 5.41) is 12.3. The molecule has 0 aliphatic heterocycles. The highest BCUT2D eigenvalue weighted by Crippen LogP contribution is 2.31. The van der Waals surface area contributed by atoms with Gasteiger partial charge in [0.1, 0.15) is 17.7 Å². The van der Waals surface area contributed by atoms with Crippen LogP contribution in [0, 0.1) is 0 Å². The van der Waals surface area contributed by atoms with Crippen LogP contribution < -0.4 is 10.2 Å². The van der Waals surface area contributed by atoms with Crippen molar-refractivity contribution in [1.82, 2.24) is 18.9 Å². The Labute approximate surface area is 194 Å². The number of aromatic carboxylic acids is 1. The monoisotopic (exact) mass is 461 g/mol. The number of nitrogens with zero attached hydrogens (tertiary/aromatic N) is 4. The fourth-order valence-corrected chi connectivity index (χ4v) is 4.25. The van der Waals surface area contributed by atoms with Crippen molar-refractivity contribution in [2.24, 2.45) is 0 Å². The zero-order chi connectivity index (χ0) is 23.2. The molecule has 0 aliphatic rings. The van der Waals surface area contributed by atoms with Crippen LogP contribution in [-0.4, -0.2) is 30.0 Å². The molecule has 0 bridgehead atoms. The van der Waals surface area contributed by atoms with Gasteiger partial charge < -0.3 is 10.4 Å². The van der Waals surface area contributed by atoms with Crippen molar-refractivity contribution in [2.45, 2.75) is 32.9 Å². The van der Waals surface area contributed by atoms with E-state index in [1.807, 2.05) is 52.5 Å². The maximum Gasteiger partial charge on any atom is 0.344 e. The van der Waals surface area contributed by atoms with Gasteiger partial charge in [0.05, 0.1) is 0 Å². The van der Waals surface area contributed by atoms with Gasteiger partial charge in [0.15, 0.2) is 5.82 Å². The number of aromatic nitrogens is 4. The standard InChI is InChI=1S/C24H23N5O3S/c1-2-3-12-29-22(28-24(32)33-29)19-7-5-4-6-18(19)17-10-8-16(9-11-17)13-26-21-20(23(30)31)14-25-15-27-21/h4-11,14-15H,2-3,12-13H2,1H3,(H,30,31)(H,25,26,27). The molecule has 0 fully saturated rings.